The van der Waals surface area contributed by atoms with Gasteiger partial charge in [-0.3, -0.25) is 4.79 Å². The number of hydrogen-bond acceptors (Lipinski definition) is 3. The SMILES string of the molecule is CCCCCCN(CC1OCCO1)C(=O)CCl. The average Bonchev–Trinajstić information content (AvgIpc) is 2.85. The number of carbonyl (C=O) groups is 1. The van der Waals surface area contributed by atoms with Crippen molar-refractivity contribution in [1.29, 1.82) is 0 Å². The molecular formula is C12H22ClNO3. The van der Waals surface area contributed by atoms with Crippen molar-refractivity contribution in [2.45, 2.75) is 38.9 Å². The molecule has 0 aromatic carbocycles. The lowest BCUT2D eigenvalue weighted by Crippen LogP contribution is -2.39. The number of carbonyl (C=O) groups excluding carboxylic acids is 1. The third-order valence-electron chi connectivity index (χ3n) is 2.81. The van der Waals surface area contributed by atoms with E-state index in [1.54, 1.807) is 4.90 Å². The van der Waals surface area contributed by atoms with Crippen molar-refractivity contribution in [3.63, 3.8) is 0 Å². The first-order valence-corrected chi connectivity index (χ1v) is 6.88. The van der Waals surface area contributed by atoms with Gasteiger partial charge >= 0.3 is 0 Å². The lowest BCUT2D eigenvalue weighted by atomic mass is 10.2. The fourth-order valence-electron chi connectivity index (χ4n) is 1.82. The Balaban J connectivity index is 2.28. The van der Waals surface area contributed by atoms with Crippen molar-refractivity contribution in [1.82, 2.24) is 4.90 Å². The largest absolute Gasteiger partial charge is 0.348 e. The molecule has 1 saturated heterocycles. The van der Waals surface area contributed by atoms with Crippen molar-refractivity contribution < 1.29 is 14.3 Å². The first-order chi connectivity index (χ1) is 8.27. The minimum absolute atomic E-state index is 0.0283. The number of ether oxygens (including phenoxy) is 2. The third-order valence-corrected chi connectivity index (χ3v) is 3.04. The van der Waals surface area contributed by atoms with E-state index in [0.29, 0.717) is 19.8 Å². The first-order valence-electron chi connectivity index (χ1n) is 6.35. The predicted molar refractivity (Wildman–Crippen MR) is 67.1 cm³/mol. The van der Waals surface area contributed by atoms with E-state index in [1.165, 1.54) is 12.8 Å². The Bertz CT molecular complexity index is 220. The van der Waals surface area contributed by atoms with Gasteiger partial charge in [0.05, 0.1) is 19.8 Å². The highest BCUT2D eigenvalue weighted by atomic mass is 35.5. The van der Waals surface area contributed by atoms with Crippen molar-refractivity contribution in [2.75, 3.05) is 32.2 Å². The average molecular weight is 264 g/mol. The molecule has 1 aliphatic rings. The molecule has 0 atom stereocenters. The van der Waals surface area contributed by atoms with Gasteiger partial charge in [-0.2, -0.15) is 0 Å². The van der Waals surface area contributed by atoms with Crippen LogP contribution in [0.25, 0.3) is 0 Å². The fourth-order valence-corrected chi connectivity index (χ4v) is 1.99. The first kappa shape index (κ1) is 14.7. The molecule has 0 saturated carbocycles. The summed E-state index contributed by atoms with van der Waals surface area (Å²) >= 11 is 5.60. The van der Waals surface area contributed by atoms with E-state index < -0.39 is 0 Å². The molecule has 0 radical (unpaired) electrons. The van der Waals surface area contributed by atoms with Crippen LogP contribution in [-0.4, -0.2) is 49.3 Å². The highest BCUT2D eigenvalue weighted by molar-refractivity contribution is 6.27. The van der Waals surface area contributed by atoms with Gasteiger partial charge in [0.2, 0.25) is 5.91 Å². The Hall–Kier alpha value is -0.320. The summed E-state index contributed by atoms with van der Waals surface area (Å²) in [4.78, 5) is 13.4. The van der Waals surface area contributed by atoms with Gasteiger partial charge in [-0.05, 0) is 6.42 Å². The predicted octanol–water partition coefficient (Wildman–Crippen LogP) is 2.01. The second kappa shape index (κ2) is 8.72. The lowest BCUT2D eigenvalue weighted by Gasteiger charge is -2.24. The molecule has 4 nitrogen and oxygen atoms in total. The Labute approximate surface area is 108 Å². The highest BCUT2D eigenvalue weighted by Crippen LogP contribution is 2.09. The van der Waals surface area contributed by atoms with E-state index >= 15 is 0 Å². The van der Waals surface area contributed by atoms with Crippen LogP contribution in [-0.2, 0) is 14.3 Å². The Kier molecular flexibility index (Phi) is 7.56. The zero-order valence-electron chi connectivity index (χ0n) is 10.5. The highest BCUT2D eigenvalue weighted by Gasteiger charge is 2.22. The molecule has 1 rings (SSSR count). The monoisotopic (exact) mass is 263 g/mol. The van der Waals surface area contributed by atoms with Gasteiger partial charge in [-0.25, -0.2) is 0 Å². The summed E-state index contributed by atoms with van der Waals surface area (Å²) in [7, 11) is 0. The van der Waals surface area contributed by atoms with Crippen LogP contribution in [0.2, 0.25) is 0 Å². The molecule has 1 aliphatic heterocycles. The molecule has 1 amide bonds. The van der Waals surface area contributed by atoms with Crippen molar-refractivity contribution in [2.24, 2.45) is 0 Å². The Morgan fingerprint density at radius 1 is 1.29 bits per heavy atom. The van der Waals surface area contributed by atoms with E-state index in [2.05, 4.69) is 6.92 Å². The van der Waals surface area contributed by atoms with Crippen LogP contribution < -0.4 is 0 Å². The van der Waals surface area contributed by atoms with E-state index in [1.807, 2.05) is 0 Å². The van der Waals surface area contributed by atoms with Gasteiger partial charge in [0.1, 0.15) is 5.88 Å². The Morgan fingerprint density at radius 2 is 2.00 bits per heavy atom. The fraction of sp³-hybridized carbons (Fsp3) is 0.917. The van der Waals surface area contributed by atoms with Crippen LogP contribution in [0.3, 0.4) is 0 Å². The zero-order chi connectivity index (χ0) is 12.5. The topological polar surface area (TPSA) is 38.8 Å². The number of hydrogen-bond donors (Lipinski definition) is 0. The molecule has 17 heavy (non-hydrogen) atoms. The van der Waals surface area contributed by atoms with Crippen molar-refractivity contribution in [3.8, 4) is 0 Å². The molecule has 0 aromatic rings. The molecule has 0 N–H and O–H groups in total. The number of rotatable bonds is 8. The minimum Gasteiger partial charge on any atom is -0.348 e. The lowest BCUT2D eigenvalue weighted by molar-refractivity contribution is -0.134. The number of amides is 1. The number of alkyl halides is 1. The van der Waals surface area contributed by atoms with Crippen LogP contribution in [0.15, 0.2) is 0 Å². The number of nitrogens with zero attached hydrogens (tertiary/aromatic N) is 1. The second-order valence-electron chi connectivity index (χ2n) is 4.21. The van der Waals surface area contributed by atoms with Gasteiger partial charge in [0, 0.05) is 6.54 Å². The van der Waals surface area contributed by atoms with Gasteiger partial charge < -0.3 is 14.4 Å². The molecule has 100 valence electrons. The quantitative estimate of drug-likeness (QED) is 0.497. The zero-order valence-corrected chi connectivity index (χ0v) is 11.2. The summed E-state index contributed by atoms with van der Waals surface area (Å²) in [5, 5.41) is 0. The van der Waals surface area contributed by atoms with Crippen LogP contribution in [0.1, 0.15) is 32.6 Å². The summed E-state index contributed by atoms with van der Waals surface area (Å²) in [6, 6.07) is 0. The summed E-state index contributed by atoms with van der Waals surface area (Å²) in [6.45, 7) is 4.64. The molecule has 0 unspecified atom stereocenters. The van der Waals surface area contributed by atoms with Crippen molar-refractivity contribution >= 4 is 17.5 Å². The molecule has 0 aliphatic carbocycles. The van der Waals surface area contributed by atoms with Gasteiger partial charge in [-0.15, -0.1) is 11.6 Å². The van der Waals surface area contributed by atoms with Crippen LogP contribution in [0.4, 0.5) is 0 Å². The van der Waals surface area contributed by atoms with Gasteiger partial charge in [0.15, 0.2) is 6.29 Å². The van der Waals surface area contributed by atoms with Crippen LogP contribution >= 0.6 is 11.6 Å². The minimum atomic E-state index is -0.270. The number of unbranched alkanes of at least 4 members (excludes halogenated alkanes) is 3. The van der Waals surface area contributed by atoms with Gasteiger partial charge in [0.25, 0.3) is 0 Å². The maximum atomic E-state index is 11.6. The molecule has 0 aromatic heterocycles. The van der Waals surface area contributed by atoms with E-state index in [9.17, 15) is 4.79 Å². The molecule has 1 heterocycles. The molecular weight excluding hydrogens is 242 g/mol. The van der Waals surface area contributed by atoms with Crippen LogP contribution in [0, 0.1) is 0 Å². The molecule has 1 fully saturated rings. The smallest absolute Gasteiger partial charge is 0.237 e. The summed E-state index contributed by atoms with van der Waals surface area (Å²) < 4.78 is 10.7. The summed E-state index contributed by atoms with van der Waals surface area (Å²) in [5.74, 6) is -0.0113. The molecule has 0 bridgehead atoms. The normalized spacial score (nSPS) is 16.4. The van der Waals surface area contributed by atoms with E-state index in [4.69, 9.17) is 21.1 Å². The summed E-state index contributed by atoms with van der Waals surface area (Å²) in [6.07, 6.45) is 4.30. The third kappa shape index (κ3) is 5.70. The van der Waals surface area contributed by atoms with E-state index in [-0.39, 0.29) is 18.1 Å². The number of halogens is 1. The van der Waals surface area contributed by atoms with E-state index in [0.717, 1.165) is 19.4 Å². The summed E-state index contributed by atoms with van der Waals surface area (Å²) in [5.41, 5.74) is 0. The van der Waals surface area contributed by atoms with Crippen LogP contribution in [0.5, 0.6) is 0 Å². The maximum absolute atomic E-state index is 11.6. The van der Waals surface area contributed by atoms with Crippen molar-refractivity contribution in [3.05, 3.63) is 0 Å². The maximum Gasteiger partial charge on any atom is 0.237 e. The molecule has 0 spiro atoms. The van der Waals surface area contributed by atoms with Gasteiger partial charge in [-0.1, -0.05) is 26.2 Å². The second-order valence-corrected chi connectivity index (χ2v) is 4.47. The Morgan fingerprint density at radius 3 is 2.59 bits per heavy atom. The standard InChI is InChI=1S/C12H22ClNO3/c1-2-3-4-5-6-14(11(15)9-13)10-12-16-7-8-17-12/h12H,2-10H2,1H3. The molecule has 5 heteroatoms.